The Labute approximate surface area is 99.7 Å². The lowest BCUT2D eigenvalue weighted by molar-refractivity contribution is 0.205. The Kier molecular flexibility index (Phi) is 3.80. The van der Waals surface area contributed by atoms with Gasteiger partial charge >= 0.3 is 0 Å². The summed E-state index contributed by atoms with van der Waals surface area (Å²) in [5.41, 5.74) is 1.84. The molecule has 0 amide bonds. The first kappa shape index (κ1) is 11.4. The van der Waals surface area contributed by atoms with Gasteiger partial charge in [0.2, 0.25) is 0 Å². The van der Waals surface area contributed by atoms with Crippen LogP contribution in [0.25, 0.3) is 10.9 Å². The minimum absolute atomic E-state index is 0.427. The molecule has 2 aromatic rings. The zero-order valence-electron chi connectivity index (χ0n) is 9.26. The molecule has 1 aromatic heterocycles. The minimum atomic E-state index is -0.427. The van der Waals surface area contributed by atoms with E-state index >= 15 is 0 Å². The molecule has 0 bridgehead atoms. The average Bonchev–Trinajstić information content (AvgIpc) is 2.35. The van der Waals surface area contributed by atoms with Crippen molar-refractivity contribution in [2.75, 3.05) is 11.5 Å². The van der Waals surface area contributed by atoms with Crippen molar-refractivity contribution in [2.45, 2.75) is 13.0 Å². The fraction of sp³-hybridized carbons (Fsp3) is 0.308. The van der Waals surface area contributed by atoms with Gasteiger partial charge in [0, 0.05) is 22.9 Å². The molecule has 0 aliphatic carbocycles. The molecule has 2 rings (SSSR count). The van der Waals surface area contributed by atoms with Gasteiger partial charge in [-0.1, -0.05) is 31.2 Å². The Morgan fingerprint density at radius 2 is 2.12 bits per heavy atom. The van der Waals surface area contributed by atoms with Crippen molar-refractivity contribution in [1.82, 2.24) is 4.98 Å². The second kappa shape index (κ2) is 5.32. The molecule has 0 saturated carbocycles. The molecule has 0 spiro atoms. The fourth-order valence-electron chi connectivity index (χ4n) is 1.72. The van der Waals surface area contributed by atoms with Crippen molar-refractivity contribution in [3.05, 3.63) is 42.1 Å². The monoisotopic (exact) mass is 233 g/mol. The summed E-state index contributed by atoms with van der Waals surface area (Å²) in [7, 11) is 0. The summed E-state index contributed by atoms with van der Waals surface area (Å²) in [4.78, 5) is 4.34. The number of aromatic nitrogens is 1. The molecule has 16 heavy (non-hydrogen) atoms. The number of fused-ring (bicyclic) bond motifs is 1. The van der Waals surface area contributed by atoms with Gasteiger partial charge in [-0.05, 0) is 11.8 Å². The topological polar surface area (TPSA) is 33.1 Å². The van der Waals surface area contributed by atoms with E-state index < -0.39 is 6.10 Å². The van der Waals surface area contributed by atoms with Crippen LogP contribution in [0.4, 0.5) is 0 Å². The molecular weight excluding hydrogens is 218 g/mol. The number of aliphatic hydroxyl groups is 1. The summed E-state index contributed by atoms with van der Waals surface area (Å²) in [6.07, 6.45) is 1.34. The highest BCUT2D eigenvalue weighted by molar-refractivity contribution is 7.99. The molecule has 1 heterocycles. The number of aliphatic hydroxyl groups excluding tert-OH is 1. The molecule has 3 heteroatoms. The van der Waals surface area contributed by atoms with Crippen LogP contribution in [0.15, 0.2) is 36.5 Å². The van der Waals surface area contributed by atoms with Crippen LogP contribution in [-0.2, 0) is 0 Å². The molecule has 84 valence electrons. The average molecular weight is 233 g/mol. The van der Waals surface area contributed by atoms with Crippen LogP contribution in [0.5, 0.6) is 0 Å². The third-order valence-corrected chi connectivity index (χ3v) is 3.46. The van der Waals surface area contributed by atoms with Crippen LogP contribution in [0.1, 0.15) is 18.6 Å². The summed E-state index contributed by atoms with van der Waals surface area (Å²) in [6.45, 7) is 2.10. The summed E-state index contributed by atoms with van der Waals surface area (Å²) < 4.78 is 0. The van der Waals surface area contributed by atoms with E-state index in [-0.39, 0.29) is 0 Å². The first-order valence-corrected chi connectivity index (χ1v) is 6.58. The molecule has 1 unspecified atom stereocenters. The van der Waals surface area contributed by atoms with Crippen molar-refractivity contribution in [1.29, 1.82) is 0 Å². The number of nitrogens with zero attached hydrogens (tertiary/aromatic N) is 1. The van der Waals surface area contributed by atoms with Crippen molar-refractivity contribution in [3.63, 3.8) is 0 Å². The van der Waals surface area contributed by atoms with E-state index in [2.05, 4.69) is 11.9 Å². The van der Waals surface area contributed by atoms with E-state index in [1.165, 1.54) is 0 Å². The lowest BCUT2D eigenvalue weighted by Crippen LogP contribution is -2.02. The van der Waals surface area contributed by atoms with Gasteiger partial charge < -0.3 is 5.11 Å². The molecule has 1 N–H and O–H groups in total. The highest BCUT2D eigenvalue weighted by Gasteiger charge is 2.11. The van der Waals surface area contributed by atoms with Gasteiger partial charge in [-0.2, -0.15) is 11.8 Å². The Morgan fingerprint density at radius 3 is 2.94 bits per heavy atom. The van der Waals surface area contributed by atoms with Crippen LogP contribution in [0, 0.1) is 0 Å². The van der Waals surface area contributed by atoms with E-state index in [1.54, 1.807) is 18.0 Å². The van der Waals surface area contributed by atoms with Gasteiger partial charge in [0.25, 0.3) is 0 Å². The van der Waals surface area contributed by atoms with Crippen LogP contribution in [-0.4, -0.2) is 21.6 Å². The number of hydrogen-bond acceptors (Lipinski definition) is 3. The van der Waals surface area contributed by atoms with Crippen molar-refractivity contribution < 1.29 is 5.11 Å². The Hall–Kier alpha value is -1.06. The van der Waals surface area contributed by atoms with E-state index in [4.69, 9.17) is 0 Å². The van der Waals surface area contributed by atoms with Gasteiger partial charge in [-0.3, -0.25) is 4.98 Å². The van der Waals surface area contributed by atoms with Crippen LogP contribution in [0.2, 0.25) is 0 Å². The zero-order chi connectivity index (χ0) is 11.4. The van der Waals surface area contributed by atoms with Gasteiger partial charge in [0.15, 0.2) is 0 Å². The largest absolute Gasteiger partial charge is 0.387 e. The summed E-state index contributed by atoms with van der Waals surface area (Å²) in [6, 6.07) is 9.88. The Bertz CT molecular complexity index is 467. The van der Waals surface area contributed by atoms with Crippen molar-refractivity contribution in [2.24, 2.45) is 0 Å². The molecule has 0 saturated heterocycles. The van der Waals surface area contributed by atoms with Gasteiger partial charge in [-0.15, -0.1) is 0 Å². The smallest absolute Gasteiger partial charge is 0.0901 e. The third-order valence-electron chi connectivity index (χ3n) is 2.50. The minimum Gasteiger partial charge on any atom is -0.387 e. The number of rotatable bonds is 4. The maximum Gasteiger partial charge on any atom is 0.0901 e. The number of pyridine rings is 1. The zero-order valence-corrected chi connectivity index (χ0v) is 10.1. The number of hydrogen-bond donors (Lipinski definition) is 1. The highest BCUT2D eigenvalue weighted by atomic mass is 32.2. The van der Waals surface area contributed by atoms with Crippen molar-refractivity contribution >= 4 is 22.7 Å². The predicted octanol–water partition coefficient (Wildman–Crippen LogP) is 3.02. The fourth-order valence-corrected chi connectivity index (χ4v) is 2.35. The second-order valence-corrected chi connectivity index (χ2v) is 4.92. The maximum absolute atomic E-state index is 10.1. The molecule has 0 radical (unpaired) electrons. The number of para-hydroxylation sites is 1. The first-order chi connectivity index (χ1) is 7.83. The summed E-state index contributed by atoms with van der Waals surface area (Å²) >= 11 is 1.74. The maximum atomic E-state index is 10.1. The SMILES string of the molecule is CCSCC(O)c1cccc2cccnc12. The van der Waals surface area contributed by atoms with Gasteiger partial charge in [-0.25, -0.2) is 0 Å². The van der Waals surface area contributed by atoms with Crippen LogP contribution < -0.4 is 0 Å². The van der Waals surface area contributed by atoms with Crippen LogP contribution >= 0.6 is 11.8 Å². The molecule has 1 aromatic carbocycles. The van der Waals surface area contributed by atoms with E-state index in [1.807, 2.05) is 30.3 Å². The van der Waals surface area contributed by atoms with Crippen LogP contribution in [0.3, 0.4) is 0 Å². The van der Waals surface area contributed by atoms with E-state index in [9.17, 15) is 5.11 Å². The highest BCUT2D eigenvalue weighted by Crippen LogP contribution is 2.24. The number of benzene rings is 1. The summed E-state index contributed by atoms with van der Waals surface area (Å²) in [5.74, 6) is 1.75. The molecule has 0 aliphatic heterocycles. The second-order valence-electron chi connectivity index (χ2n) is 3.60. The summed E-state index contributed by atoms with van der Waals surface area (Å²) in [5, 5.41) is 11.2. The lowest BCUT2D eigenvalue weighted by atomic mass is 10.1. The first-order valence-electron chi connectivity index (χ1n) is 5.42. The van der Waals surface area contributed by atoms with Crippen molar-refractivity contribution in [3.8, 4) is 0 Å². The van der Waals surface area contributed by atoms with Gasteiger partial charge in [0.05, 0.1) is 11.6 Å². The van der Waals surface area contributed by atoms with Gasteiger partial charge in [0.1, 0.15) is 0 Å². The number of thioether (sulfide) groups is 1. The standard InChI is InChI=1S/C13H15NOS/c1-2-16-9-12(15)11-7-3-5-10-6-4-8-14-13(10)11/h3-8,12,15H,2,9H2,1H3. The van der Waals surface area contributed by atoms with E-state index in [0.29, 0.717) is 0 Å². The Morgan fingerprint density at radius 1 is 1.31 bits per heavy atom. The Balaban J connectivity index is 2.36. The molecule has 1 atom stereocenters. The third kappa shape index (κ3) is 2.36. The lowest BCUT2D eigenvalue weighted by Gasteiger charge is -2.12. The van der Waals surface area contributed by atoms with E-state index in [0.717, 1.165) is 28.0 Å². The molecule has 0 aliphatic rings. The predicted molar refractivity (Wildman–Crippen MR) is 69.7 cm³/mol. The normalized spacial score (nSPS) is 12.9. The molecular formula is C13H15NOS. The molecule has 0 fully saturated rings. The molecule has 2 nitrogen and oxygen atoms in total. The quantitative estimate of drug-likeness (QED) is 0.881.